The molecule has 1 fully saturated rings. The molecule has 0 unspecified atom stereocenters. The lowest BCUT2D eigenvalue weighted by Gasteiger charge is -2.27. The van der Waals surface area contributed by atoms with E-state index in [-0.39, 0.29) is 0 Å². The normalized spacial score (nSPS) is 16.8. The first-order valence-corrected chi connectivity index (χ1v) is 6.06. The molecule has 5 heteroatoms. The number of aromatic nitrogens is 1. The van der Waals surface area contributed by atoms with Crippen LogP contribution in [0.15, 0.2) is 18.3 Å². The molecule has 0 aromatic carbocycles. The highest BCUT2D eigenvalue weighted by Gasteiger charge is 2.09. The standard InChI is InChI=1S/C12H20N4O/c1-17-11-3-2-4-14-12(11)15-7-10-16-8-5-13-6-9-16/h2-4,13H,5-10H2,1H3,(H,14,15). The highest BCUT2D eigenvalue weighted by atomic mass is 16.5. The Morgan fingerprint density at radius 1 is 1.47 bits per heavy atom. The maximum Gasteiger partial charge on any atom is 0.168 e. The number of ether oxygens (including phenoxy) is 1. The van der Waals surface area contributed by atoms with Crippen LogP contribution in [0.2, 0.25) is 0 Å². The third kappa shape index (κ3) is 3.57. The van der Waals surface area contributed by atoms with Gasteiger partial charge >= 0.3 is 0 Å². The van der Waals surface area contributed by atoms with Gasteiger partial charge in [-0.15, -0.1) is 0 Å². The van der Waals surface area contributed by atoms with Crippen LogP contribution in [0.3, 0.4) is 0 Å². The first-order valence-electron chi connectivity index (χ1n) is 6.06. The van der Waals surface area contributed by atoms with E-state index in [2.05, 4.69) is 20.5 Å². The van der Waals surface area contributed by atoms with Crippen molar-refractivity contribution < 1.29 is 4.74 Å². The van der Waals surface area contributed by atoms with Gasteiger partial charge in [-0.3, -0.25) is 4.90 Å². The summed E-state index contributed by atoms with van der Waals surface area (Å²) in [5.41, 5.74) is 0. The minimum Gasteiger partial charge on any atom is -0.493 e. The number of rotatable bonds is 5. The Morgan fingerprint density at radius 2 is 2.29 bits per heavy atom. The number of hydrogen-bond donors (Lipinski definition) is 2. The number of nitrogens with one attached hydrogen (secondary N) is 2. The van der Waals surface area contributed by atoms with Gasteiger partial charge in [-0.05, 0) is 12.1 Å². The predicted molar refractivity (Wildman–Crippen MR) is 68.6 cm³/mol. The molecule has 1 saturated heterocycles. The smallest absolute Gasteiger partial charge is 0.168 e. The minimum atomic E-state index is 0.799. The van der Waals surface area contributed by atoms with Crippen LogP contribution < -0.4 is 15.4 Å². The zero-order valence-corrected chi connectivity index (χ0v) is 10.3. The van der Waals surface area contributed by atoms with Crippen molar-refractivity contribution in [2.24, 2.45) is 0 Å². The van der Waals surface area contributed by atoms with E-state index in [9.17, 15) is 0 Å². The summed E-state index contributed by atoms with van der Waals surface area (Å²) in [6.07, 6.45) is 1.77. The van der Waals surface area contributed by atoms with E-state index in [1.165, 1.54) is 0 Å². The first-order chi connectivity index (χ1) is 8.40. The highest BCUT2D eigenvalue weighted by Crippen LogP contribution is 2.19. The fraction of sp³-hybridized carbons (Fsp3) is 0.583. The lowest BCUT2D eigenvalue weighted by atomic mass is 10.3. The Morgan fingerprint density at radius 3 is 3.06 bits per heavy atom. The third-order valence-corrected chi connectivity index (χ3v) is 2.92. The molecule has 1 aliphatic rings. The molecule has 0 amide bonds. The molecule has 2 heterocycles. The lowest BCUT2D eigenvalue weighted by Crippen LogP contribution is -2.45. The zero-order valence-electron chi connectivity index (χ0n) is 10.3. The van der Waals surface area contributed by atoms with E-state index in [1.54, 1.807) is 13.3 Å². The number of hydrogen-bond acceptors (Lipinski definition) is 5. The molecule has 5 nitrogen and oxygen atoms in total. The first kappa shape index (κ1) is 12.1. The topological polar surface area (TPSA) is 49.4 Å². The largest absolute Gasteiger partial charge is 0.493 e. The molecule has 2 N–H and O–H groups in total. The maximum atomic E-state index is 5.24. The number of piperazine rings is 1. The molecule has 0 aliphatic carbocycles. The Kier molecular flexibility index (Phi) is 4.58. The number of nitrogens with zero attached hydrogens (tertiary/aromatic N) is 2. The van der Waals surface area contributed by atoms with Crippen molar-refractivity contribution in [2.75, 3.05) is 51.7 Å². The van der Waals surface area contributed by atoms with Crippen molar-refractivity contribution in [3.63, 3.8) is 0 Å². The number of methoxy groups -OCH3 is 1. The summed E-state index contributed by atoms with van der Waals surface area (Å²) in [7, 11) is 1.67. The summed E-state index contributed by atoms with van der Waals surface area (Å²) in [5.74, 6) is 1.62. The Balaban J connectivity index is 1.77. The summed E-state index contributed by atoms with van der Waals surface area (Å²) in [6, 6.07) is 3.79. The average Bonchev–Trinajstić information content (AvgIpc) is 2.40. The van der Waals surface area contributed by atoms with Gasteiger partial charge in [-0.25, -0.2) is 4.98 Å². The van der Waals surface area contributed by atoms with E-state index in [1.807, 2.05) is 12.1 Å². The second-order valence-electron chi connectivity index (χ2n) is 4.07. The maximum absolute atomic E-state index is 5.24. The summed E-state index contributed by atoms with van der Waals surface area (Å²) in [4.78, 5) is 6.71. The van der Waals surface area contributed by atoms with Crippen LogP contribution in [0.5, 0.6) is 5.75 Å². The highest BCUT2D eigenvalue weighted by molar-refractivity contribution is 5.49. The monoisotopic (exact) mass is 236 g/mol. The van der Waals surface area contributed by atoms with Gasteiger partial charge in [0, 0.05) is 45.5 Å². The molecular weight excluding hydrogens is 216 g/mol. The Bertz CT molecular complexity index is 339. The van der Waals surface area contributed by atoms with E-state index >= 15 is 0 Å². The fourth-order valence-electron chi connectivity index (χ4n) is 1.96. The van der Waals surface area contributed by atoms with E-state index in [0.717, 1.165) is 50.8 Å². The lowest BCUT2D eigenvalue weighted by molar-refractivity contribution is 0.249. The summed E-state index contributed by atoms with van der Waals surface area (Å²) >= 11 is 0. The molecule has 0 saturated carbocycles. The summed E-state index contributed by atoms with van der Waals surface area (Å²) in [5, 5.41) is 6.66. The van der Waals surface area contributed by atoms with Crippen LogP contribution in [-0.4, -0.2) is 56.3 Å². The van der Waals surface area contributed by atoms with Crippen LogP contribution in [0.25, 0.3) is 0 Å². The Labute approximate surface area is 102 Å². The molecule has 1 aliphatic heterocycles. The molecule has 94 valence electrons. The molecule has 2 rings (SSSR count). The van der Waals surface area contributed by atoms with Gasteiger partial charge in [-0.1, -0.05) is 0 Å². The summed E-state index contributed by atoms with van der Waals surface area (Å²) < 4.78 is 5.24. The molecule has 0 atom stereocenters. The van der Waals surface area contributed by atoms with Crippen LogP contribution in [-0.2, 0) is 0 Å². The van der Waals surface area contributed by atoms with Crippen LogP contribution in [0.4, 0.5) is 5.82 Å². The van der Waals surface area contributed by atoms with Gasteiger partial charge in [0.25, 0.3) is 0 Å². The van der Waals surface area contributed by atoms with Gasteiger partial charge in [-0.2, -0.15) is 0 Å². The molecule has 1 aromatic heterocycles. The number of pyridine rings is 1. The van der Waals surface area contributed by atoms with Gasteiger partial charge in [0.15, 0.2) is 11.6 Å². The second-order valence-corrected chi connectivity index (χ2v) is 4.07. The zero-order chi connectivity index (χ0) is 11.9. The quantitative estimate of drug-likeness (QED) is 0.775. The van der Waals surface area contributed by atoms with Crippen molar-refractivity contribution >= 4 is 5.82 Å². The average molecular weight is 236 g/mol. The molecule has 0 spiro atoms. The van der Waals surface area contributed by atoms with Crippen molar-refractivity contribution in [3.05, 3.63) is 18.3 Å². The summed E-state index contributed by atoms with van der Waals surface area (Å²) in [6.45, 7) is 6.37. The minimum absolute atomic E-state index is 0.799. The molecular formula is C12H20N4O. The van der Waals surface area contributed by atoms with Crippen molar-refractivity contribution in [1.82, 2.24) is 15.2 Å². The van der Waals surface area contributed by atoms with Crippen LogP contribution in [0, 0.1) is 0 Å². The van der Waals surface area contributed by atoms with E-state index in [4.69, 9.17) is 4.74 Å². The van der Waals surface area contributed by atoms with Gasteiger partial charge in [0.2, 0.25) is 0 Å². The van der Waals surface area contributed by atoms with Gasteiger partial charge in [0.05, 0.1) is 7.11 Å². The third-order valence-electron chi connectivity index (χ3n) is 2.92. The van der Waals surface area contributed by atoms with Gasteiger partial charge in [0.1, 0.15) is 0 Å². The fourth-order valence-corrected chi connectivity index (χ4v) is 1.96. The molecule has 1 aromatic rings. The molecule has 0 bridgehead atoms. The SMILES string of the molecule is COc1cccnc1NCCN1CCNCC1. The molecule has 0 radical (unpaired) electrons. The van der Waals surface area contributed by atoms with Crippen molar-refractivity contribution in [1.29, 1.82) is 0 Å². The predicted octanol–water partition coefficient (Wildman–Crippen LogP) is 0.407. The Hall–Kier alpha value is -1.33. The van der Waals surface area contributed by atoms with Crippen molar-refractivity contribution in [3.8, 4) is 5.75 Å². The van der Waals surface area contributed by atoms with E-state index in [0.29, 0.717) is 0 Å². The van der Waals surface area contributed by atoms with Crippen LogP contribution in [0.1, 0.15) is 0 Å². The number of anilines is 1. The van der Waals surface area contributed by atoms with Crippen LogP contribution >= 0.6 is 0 Å². The van der Waals surface area contributed by atoms with E-state index < -0.39 is 0 Å². The van der Waals surface area contributed by atoms with Gasteiger partial charge < -0.3 is 15.4 Å². The van der Waals surface area contributed by atoms with Crippen molar-refractivity contribution in [2.45, 2.75) is 0 Å². The second kappa shape index (κ2) is 6.42. The molecule has 17 heavy (non-hydrogen) atoms.